The van der Waals surface area contributed by atoms with Crippen LogP contribution < -0.4 is 0 Å². The van der Waals surface area contributed by atoms with Crippen molar-refractivity contribution in [2.24, 2.45) is 0 Å². The van der Waals surface area contributed by atoms with Crippen molar-refractivity contribution in [2.75, 3.05) is 13.2 Å². The summed E-state index contributed by atoms with van der Waals surface area (Å²) in [7, 11) is 0. The molecular formula is C14H27NOS. The van der Waals surface area contributed by atoms with Crippen molar-refractivity contribution in [1.82, 2.24) is 4.37 Å². The third-order valence-electron chi connectivity index (χ3n) is 1.76. The number of aryl methyl sites for hydroxylation is 1. The lowest BCUT2D eigenvalue weighted by atomic mass is 10.2. The lowest BCUT2D eigenvalue weighted by Gasteiger charge is -2.07. The van der Waals surface area contributed by atoms with E-state index in [0.29, 0.717) is 0 Å². The molecule has 100 valence electrons. The first-order valence-corrected chi connectivity index (χ1v) is 7.23. The summed E-state index contributed by atoms with van der Waals surface area (Å²) >= 11 is 1.49. The van der Waals surface area contributed by atoms with Gasteiger partial charge in [-0.25, -0.2) is 0 Å². The quantitative estimate of drug-likeness (QED) is 0.619. The van der Waals surface area contributed by atoms with Gasteiger partial charge in [0, 0.05) is 5.38 Å². The largest absolute Gasteiger partial charge is 0.377 e. The Morgan fingerprint density at radius 1 is 1.18 bits per heavy atom. The number of aromatic nitrogens is 1. The van der Waals surface area contributed by atoms with Crippen LogP contribution >= 0.6 is 11.5 Å². The van der Waals surface area contributed by atoms with Crippen molar-refractivity contribution in [3.63, 3.8) is 0 Å². The molecule has 0 aliphatic carbocycles. The molecule has 1 aromatic rings. The summed E-state index contributed by atoms with van der Waals surface area (Å²) in [4.78, 5) is 0. The van der Waals surface area contributed by atoms with Crippen LogP contribution in [-0.4, -0.2) is 17.6 Å². The van der Waals surface area contributed by atoms with E-state index in [4.69, 9.17) is 4.74 Å². The van der Waals surface area contributed by atoms with Crippen molar-refractivity contribution >= 4 is 11.5 Å². The number of nitrogens with zero attached hydrogens (tertiary/aromatic N) is 1. The van der Waals surface area contributed by atoms with Gasteiger partial charge in [-0.1, -0.05) is 39.3 Å². The Morgan fingerprint density at radius 2 is 1.82 bits per heavy atom. The summed E-state index contributed by atoms with van der Waals surface area (Å²) < 4.78 is 9.02. The molecular weight excluding hydrogens is 230 g/mol. The highest BCUT2D eigenvalue weighted by Gasteiger charge is 1.94. The first-order valence-electron chi connectivity index (χ1n) is 6.39. The first-order chi connectivity index (χ1) is 8.29. The number of hydrogen-bond donors (Lipinski definition) is 0. The molecule has 0 saturated heterocycles. The molecule has 0 amide bonds. The molecule has 2 heterocycles. The second-order valence-corrected chi connectivity index (χ2v) is 3.68. The maximum atomic E-state index is 5.06. The van der Waals surface area contributed by atoms with Crippen molar-refractivity contribution in [2.45, 2.75) is 48.0 Å². The molecule has 1 aliphatic heterocycles. The van der Waals surface area contributed by atoms with Gasteiger partial charge in [0.2, 0.25) is 0 Å². The molecule has 2 rings (SSSR count). The van der Waals surface area contributed by atoms with E-state index in [1.807, 2.05) is 46.1 Å². The minimum absolute atomic E-state index is 0.825. The van der Waals surface area contributed by atoms with Gasteiger partial charge < -0.3 is 4.74 Å². The van der Waals surface area contributed by atoms with Crippen LogP contribution in [-0.2, 0) is 4.74 Å². The Hall–Kier alpha value is -0.670. The molecule has 17 heavy (non-hydrogen) atoms. The average molecular weight is 257 g/mol. The Kier molecular flexibility index (Phi) is 16.9. The molecule has 0 bridgehead atoms. The minimum Gasteiger partial charge on any atom is -0.377 e. The Balaban J connectivity index is 0. The van der Waals surface area contributed by atoms with Gasteiger partial charge in [0.05, 0.1) is 18.9 Å². The van der Waals surface area contributed by atoms with E-state index < -0.39 is 0 Å². The fourth-order valence-electron chi connectivity index (χ4n) is 0.893. The fraction of sp³-hybridized carbons (Fsp3) is 0.643. The molecule has 0 unspecified atom stereocenters. The summed E-state index contributed by atoms with van der Waals surface area (Å²) in [5.41, 5.74) is 2.58. The van der Waals surface area contributed by atoms with Gasteiger partial charge in [0.1, 0.15) is 0 Å². The van der Waals surface area contributed by atoms with Crippen molar-refractivity contribution in [1.29, 1.82) is 0 Å². The number of ether oxygens (including phenoxy) is 1. The molecule has 3 heteroatoms. The van der Waals surface area contributed by atoms with Crippen LogP contribution in [0.5, 0.6) is 0 Å². The monoisotopic (exact) mass is 257 g/mol. The van der Waals surface area contributed by atoms with Crippen LogP contribution in [0, 0.1) is 6.92 Å². The van der Waals surface area contributed by atoms with E-state index in [1.165, 1.54) is 17.1 Å². The Morgan fingerprint density at radius 3 is 2.00 bits per heavy atom. The van der Waals surface area contributed by atoms with Gasteiger partial charge >= 0.3 is 0 Å². The summed E-state index contributed by atoms with van der Waals surface area (Å²) in [5.74, 6) is 0. The van der Waals surface area contributed by atoms with E-state index in [9.17, 15) is 0 Å². The van der Waals surface area contributed by atoms with Crippen LogP contribution in [0.1, 0.15) is 46.7 Å². The summed E-state index contributed by atoms with van der Waals surface area (Å²) in [6, 6.07) is 1.99. The zero-order valence-corrected chi connectivity index (χ0v) is 12.9. The van der Waals surface area contributed by atoms with Gasteiger partial charge in [-0.2, -0.15) is 4.37 Å². The van der Waals surface area contributed by atoms with Crippen LogP contribution in [0.4, 0.5) is 0 Å². The van der Waals surface area contributed by atoms with E-state index in [2.05, 4.69) is 17.4 Å². The third kappa shape index (κ3) is 13.3. The van der Waals surface area contributed by atoms with E-state index in [-0.39, 0.29) is 0 Å². The summed E-state index contributed by atoms with van der Waals surface area (Å²) in [5, 5.41) is 1.97. The molecule has 0 N–H and O–H groups in total. The molecule has 0 atom stereocenters. The second-order valence-electron chi connectivity index (χ2n) is 3.02. The van der Waals surface area contributed by atoms with Crippen LogP contribution in [0.15, 0.2) is 23.1 Å². The topological polar surface area (TPSA) is 22.1 Å². The van der Waals surface area contributed by atoms with Gasteiger partial charge in [0.15, 0.2) is 0 Å². The molecule has 0 radical (unpaired) electrons. The molecule has 1 aliphatic rings. The lowest BCUT2D eigenvalue weighted by molar-refractivity contribution is 0.154. The van der Waals surface area contributed by atoms with Gasteiger partial charge in [0.25, 0.3) is 0 Å². The van der Waals surface area contributed by atoms with Gasteiger partial charge in [-0.3, -0.25) is 0 Å². The molecule has 0 spiro atoms. The first kappa shape index (κ1) is 18.7. The highest BCUT2D eigenvalue weighted by Crippen LogP contribution is 2.04. The van der Waals surface area contributed by atoms with Crippen molar-refractivity contribution < 1.29 is 4.74 Å². The number of hydrogen-bond acceptors (Lipinski definition) is 3. The summed E-state index contributed by atoms with van der Waals surface area (Å²) in [6.45, 7) is 13.9. The lowest BCUT2D eigenvalue weighted by Crippen LogP contribution is -2.01. The smallest absolute Gasteiger partial charge is 0.0650 e. The maximum absolute atomic E-state index is 5.06. The zero-order chi connectivity index (χ0) is 13.5. The van der Waals surface area contributed by atoms with Gasteiger partial charge in [-0.15, -0.1) is 0 Å². The van der Waals surface area contributed by atoms with E-state index >= 15 is 0 Å². The molecule has 2 nitrogen and oxygen atoms in total. The van der Waals surface area contributed by atoms with Crippen LogP contribution in [0.25, 0.3) is 0 Å². The molecule has 1 aromatic heterocycles. The Labute approximate surface area is 111 Å². The second kappa shape index (κ2) is 15.3. The minimum atomic E-state index is 0.825. The van der Waals surface area contributed by atoms with Crippen LogP contribution in [0.2, 0.25) is 0 Å². The third-order valence-corrected chi connectivity index (χ3v) is 2.41. The zero-order valence-electron chi connectivity index (χ0n) is 12.1. The normalized spacial score (nSPS) is 12.7. The van der Waals surface area contributed by atoms with E-state index in [0.717, 1.165) is 25.3 Å². The number of rotatable bonds is 0. The fourth-order valence-corrected chi connectivity index (χ4v) is 1.44. The predicted molar refractivity (Wildman–Crippen MR) is 78.7 cm³/mol. The standard InChI is InChI=1S/C6H10O.C4H5NS.2C2H6/c1-6-2-4-7-5-3-6;1-4-2-3-6-5-4;2*1-2/h2H,3-5H2,1H3;2-3H,1H3;2*1-2H3. The highest BCUT2D eigenvalue weighted by molar-refractivity contribution is 7.03. The van der Waals surface area contributed by atoms with Crippen molar-refractivity contribution in [3.8, 4) is 0 Å². The van der Waals surface area contributed by atoms with Crippen LogP contribution in [0.3, 0.4) is 0 Å². The average Bonchev–Trinajstić information content (AvgIpc) is 2.87. The van der Waals surface area contributed by atoms with E-state index in [1.54, 1.807) is 0 Å². The van der Waals surface area contributed by atoms with Gasteiger partial charge in [-0.05, 0) is 37.9 Å². The Bertz CT molecular complexity index is 255. The summed E-state index contributed by atoms with van der Waals surface area (Å²) in [6.07, 6.45) is 3.25. The molecule has 0 saturated carbocycles. The molecule has 0 fully saturated rings. The highest BCUT2D eigenvalue weighted by atomic mass is 32.1. The SMILES string of the molecule is CC.CC.CC1=CCOCC1.Cc1ccsn1. The predicted octanol–water partition coefficient (Wildman–Crippen LogP) is 4.86. The maximum Gasteiger partial charge on any atom is 0.0650 e. The van der Waals surface area contributed by atoms with Crippen molar-refractivity contribution in [3.05, 3.63) is 28.8 Å². The molecule has 0 aromatic carbocycles.